The van der Waals surface area contributed by atoms with E-state index in [1.807, 2.05) is 0 Å². The predicted octanol–water partition coefficient (Wildman–Crippen LogP) is 1.85. The summed E-state index contributed by atoms with van der Waals surface area (Å²) in [6, 6.07) is 3.05. The molecule has 0 aliphatic heterocycles. The normalized spacial score (nSPS) is 15.9. The molecule has 1 saturated carbocycles. The van der Waals surface area contributed by atoms with Gasteiger partial charge in [0.25, 0.3) is 5.91 Å². The fraction of sp³-hybridized carbons (Fsp3) is 0.455. The molecule has 0 saturated heterocycles. The quantitative estimate of drug-likeness (QED) is 0.695. The monoisotopic (exact) mass is 208 g/mol. The number of carbonyl (C=O) groups excluding carboxylic acids is 1. The van der Waals surface area contributed by atoms with Crippen molar-refractivity contribution in [3.05, 3.63) is 29.8 Å². The maximum absolute atomic E-state index is 12.8. The van der Waals surface area contributed by atoms with Crippen LogP contribution in [0, 0.1) is 5.95 Å². The highest BCUT2D eigenvalue weighted by Gasteiger charge is 2.26. The number of pyridine rings is 1. The van der Waals surface area contributed by atoms with Crippen LogP contribution in [-0.2, 0) is 0 Å². The number of nitrogens with zero attached hydrogens (tertiary/aromatic N) is 2. The predicted molar refractivity (Wildman–Crippen MR) is 53.9 cm³/mol. The van der Waals surface area contributed by atoms with Gasteiger partial charge in [-0.05, 0) is 25.3 Å². The first-order valence-corrected chi connectivity index (χ1v) is 5.07. The van der Waals surface area contributed by atoms with Crippen LogP contribution in [0.15, 0.2) is 18.3 Å². The van der Waals surface area contributed by atoms with E-state index in [1.165, 1.54) is 18.7 Å². The average molecular weight is 208 g/mol. The lowest BCUT2D eigenvalue weighted by Gasteiger charge is -2.34. The molecule has 1 aromatic rings. The summed E-state index contributed by atoms with van der Waals surface area (Å²) in [7, 11) is 1.77. The summed E-state index contributed by atoms with van der Waals surface area (Å²) in [4.78, 5) is 17.0. The highest BCUT2D eigenvalue weighted by atomic mass is 19.1. The molecular formula is C11H13FN2O. The Morgan fingerprint density at radius 1 is 1.60 bits per heavy atom. The highest BCUT2D eigenvalue weighted by molar-refractivity contribution is 5.94. The van der Waals surface area contributed by atoms with Crippen LogP contribution in [0.2, 0.25) is 0 Å². The second kappa shape index (κ2) is 3.96. The van der Waals surface area contributed by atoms with Crippen LogP contribution >= 0.6 is 0 Å². The third-order valence-electron chi connectivity index (χ3n) is 2.92. The highest BCUT2D eigenvalue weighted by Crippen LogP contribution is 2.24. The van der Waals surface area contributed by atoms with Crippen molar-refractivity contribution in [2.75, 3.05) is 7.05 Å². The van der Waals surface area contributed by atoms with Gasteiger partial charge in [-0.1, -0.05) is 0 Å². The number of hydrogen-bond donors (Lipinski definition) is 0. The van der Waals surface area contributed by atoms with Crippen molar-refractivity contribution in [2.45, 2.75) is 25.3 Å². The Labute approximate surface area is 87.9 Å². The van der Waals surface area contributed by atoms with Crippen LogP contribution in [0.4, 0.5) is 4.39 Å². The fourth-order valence-electron chi connectivity index (χ4n) is 1.68. The molecule has 15 heavy (non-hydrogen) atoms. The van der Waals surface area contributed by atoms with E-state index in [4.69, 9.17) is 0 Å². The molecule has 0 radical (unpaired) electrons. The Morgan fingerprint density at radius 2 is 2.33 bits per heavy atom. The third-order valence-corrected chi connectivity index (χ3v) is 2.92. The number of hydrogen-bond acceptors (Lipinski definition) is 2. The first-order chi connectivity index (χ1) is 7.18. The summed E-state index contributed by atoms with van der Waals surface area (Å²) >= 11 is 0. The zero-order chi connectivity index (χ0) is 10.8. The number of halogens is 1. The topological polar surface area (TPSA) is 33.2 Å². The molecule has 1 aliphatic rings. The molecule has 1 fully saturated rings. The maximum Gasteiger partial charge on any atom is 0.254 e. The lowest BCUT2D eigenvalue weighted by molar-refractivity contribution is 0.0651. The van der Waals surface area contributed by atoms with E-state index in [0.717, 1.165) is 12.8 Å². The van der Waals surface area contributed by atoms with E-state index in [2.05, 4.69) is 4.98 Å². The molecular weight excluding hydrogens is 195 g/mol. The smallest absolute Gasteiger partial charge is 0.254 e. The Hall–Kier alpha value is -1.45. The largest absolute Gasteiger partial charge is 0.339 e. The minimum Gasteiger partial charge on any atom is -0.339 e. The Balaban J connectivity index is 2.12. The molecule has 4 heteroatoms. The van der Waals surface area contributed by atoms with Crippen molar-refractivity contribution >= 4 is 5.91 Å². The molecule has 0 spiro atoms. The molecule has 1 aliphatic carbocycles. The Kier molecular flexibility index (Phi) is 2.66. The minimum atomic E-state index is -0.608. The van der Waals surface area contributed by atoms with Gasteiger partial charge in [-0.2, -0.15) is 4.39 Å². The molecule has 2 rings (SSSR count). The second-order valence-corrected chi connectivity index (χ2v) is 3.87. The summed E-state index contributed by atoms with van der Waals surface area (Å²) in [5, 5.41) is 0. The summed E-state index contributed by atoms with van der Waals surface area (Å²) in [5.41, 5.74) is 0.372. The van der Waals surface area contributed by atoms with Crippen molar-refractivity contribution in [2.24, 2.45) is 0 Å². The summed E-state index contributed by atoms with van der Waals surface area (Å²) in [6.07, 6.45) is 4.59. The Bertz CT molecular complexity index is 377. The molecule has 1 amide bonds. The van der Waals surface area contributed by atoms with Crippen LogP contribution in [0.25, 0.3) is 0 Å². The lowest BCUT2D eigenvalue weighted by atomic mass is 9.91. The van der Waals surface area contributed by atoms with Crippen molar-refractivity contribution in [3.63, 3.8) is 0 Å². The molecule has 0 N–H and O–H groups in total. The number of rotatable bonds is 2. The lowest BCUT2D eigenvalue weighted by Crippen LogP contribution is -2.41. The van der Waals surface area contributed by atoms with Crippen molar-refractivity contribution in [1.82, 2.24) is 9.88 Å². The summed E-state index contributed by atoms with van der Waals surface area (Å²) < 4.78 is 12.8. The second-order valence-electron chi connectivity index (χ2n) is 3.87. The van der Waals surface area contributed by atoms with Crippen molar-refractivity contribution in [3.8, 4) is 0 Å². The van der Waals surface area contributed by atoms with Crippen LogP contribution in [0.5, 0.6) is 0 Å². The van der Waals surface area contributed by atoms with Crippen LogP contribution in [0.3, 0.4) is 0 Å². The maximum atomic E-state index is 12.8. The van der Waals surface area contributed by atoms with Gasteiger partial charge in [0.1, 0.15) is 0 Å². The molecule has 0 atom stereocenters. The minimum absolute atomic E-state index is 0.124. The van der Waals surface area contributed by atoms with Gasteiger partial charge in [-0.15, -0.1) is 0 Å². The van der Waals surface area contributed by atoms with E-state index >= 15 is 0 Å². The first kappa shape index (κ1) is 10.1. The van der Waals surface area contributed by atoms with E-state index in [1.54, 1.807) is 18.0 Å². The number of aromatic nitrogens is 1. The van der Waals surface area contributed by atoms with E-state index in [0.29, 0.717) is 11.6 Å². The molecule has 1 aromatic heterocycles. The molecule has 1 heterocycles. The van der Waals surface area contributed by atoms with Gasteiger partial charge in [0.15, 0.2) is 0 Å². The van der Waals surface area contributed by atoms with E-state index in [9.17, 15) is 9.18 Å². The summed E-state index contributed by atoms with van der Waals surface area (Å²) in [5.74, 6) is -0.733. The molecule has 0 unspecified atom stereocenters. The number of carbonyl (C=O) groups is 1. The SMILES string of the molecule is CN(C(=O)c1ccnc(F)c1)C1CCC1. The fourth-order valence-corrected chi connectivity index (χ4v) is 1.68. The zero-order valence-corrected chi connectivity index (χ0v) is 8.61. The van der Waals surface area contributed by atoms with Crippen LogP contribution < -0.4 is 0 Å². The van der Waals surface area contributed by atoms with Gasteiger partial charge < -0.3 is 4.90 Å². The van der Waals surface area contributed by atoms with Gasteiger partial charge in [-0.3, -0.25) is 4.79 Å². The third kappa shape index (κ3) is 1.98. The Morgan fingerprint density at radius 3 is 2.87 bits per heavy atom. The van der Waals surface area contributed by atoms with Gasteiger partial charge >= 0.3 is 0 Å². The van der Waals surface area contributed by atoms with Crippen molar-refractivity contribution in [1.29, 1.82) is 0 Å². The van der Waals surface area contributed by atoms with Crippen molar-refractivity contribution < 1.29 is 9.18 Å². The molecule has 0 aromatic carbocycles. The van der Waals surface area contributed by atoms with Gasteiger partial charge in [0, 0.05) is 30.9 Å². The number of amides is 1. The summed E-state index contributed by atoms with van der Waals surface area (Å²) in [6.45, 7) is 0. The van der Waals surface area contributed by atoms with Gasteiger partial charge in [0.2, 0.25) is 5.95 Å². The van der Waals surface area contributed by atoms with Crippen LogP contribution in [-0.4, -0.2) is 28.9 Å². The van der Waals surface area contributed by atoms with Gasteiger partial charge in [-0.25, -0.2) is 4.98 Å². The van der Waals surface area contributed by atoms with Crippen LogP contribution in [0.1, 0.15) is 29.6 Å². The zero-order valence-electron chi connectivity index (χ0n) is 8.61. The standard InChI is InChI=1S/C11H13FN2O/c1-14(9-3-2-4-9)11(15)8-5-6-13-10(12)7-8/h5-7,9H,2-4H2,1H3. The van der Waals surface area contributed by atoms with Gasteiger partial charge in [0.05, 0.1) is 0 Å². The first-order valence-electron chi connectivity index (χ1n) is 5.07. The van der Waals surface area contributed by atoms with E-state index in [-0.39, 0.29) is 5.91 Å². The molecule has 0 bridgehead atoms. The molecule has 3 nitrogen and oxygen atoms in total. The average Bonchev–Trinajstić information content (AvgIpc) is 2.14. The van der Waals surface area contributed by atoms with E-state index < -0.39 is 5.95 Å². The molecule has 80 valence electrons.